The first kappa shape index (κ1) is 12.6. The van der Waals surface area contributed by atoms with Crippen molar-refractivity contribution >= 4 is 5.65 Å². The van der Waals surface area contributed by atoms with Gasteiger partial charge in [-0.3, -0.25) is 9.89 Å². The number of hydrogen-bond acceptors (Lipinski definition) is 2. The molecular weight excluding hydrogens is 257 g/mol. The fraction of sp³-hybridized carbons (Fsp3) is 0.200. The van der Waals surface area contributed by atoms with E-state index in [9.17, 15) is 9.18 Å². The zero-order valence-electron chi connectivity index (χ0n) is 11.1. The van der Waals surface area contributed by atoms with Crippen LogP contribution in [0.1, 0.15) is 19.0 Å². The Labute approximate surface area is 114 Å². The van der Waals surface area contributed by atoms with E-state index < -0.39 is 0 Å². The molecule has 1 aromatic carbocycles. The maximum absolute atomic E-state index is 12.9. The number of hydrogen-bond donors (Lipinski definition) is 1. The minimum atomic E-state index is -0.287. The van der Waals surface area contributed by atoms with Gasteiger partial charge in [-0.1, -0.05) is 13.3 Å². The molecule has 0 spiro atoms. The second-order valence-electron chi connectivity index (χ2n) is 4.71. The molecule has 1 N–H and O–H groups in total. The zero-order valence-corrected chi connectivity index (χ0v) is 11.1. The normalized spacial score (nSPS) is 11.1. The van der Waals surface area contributed by atoms with Gasteiger partial charge < -0.3 is 0 Å². The highest BCUT2D eigenvalue weighted by atomic mass is 19.1. The van der Waals surface area contributed by atoms with E-state index in [1.165, 1.54) is 16.6 Å². The summed E-state index contributed by atoms with van der Waals surface area (Å²) in [7, 11) is 0. The number of benzene rings is 1. The molecule has 0 atom stereocenters. The van der Waals surface area contributed by atoms with E-state index in [4.69, 9.17) is 0 Å². The number of nitrogens with one attached hydrogen (secondary N) is 1. The van der Waals surface area contributed by atoms with Crippen LogP contribution in [0.4, 0.5) is 4.39 Å². The molecule has 0 bridgehead atoms. The Morgan fingerprint density at radius 1 is 1.25 bits per heavy atom. The van der Waals surface area contributed by atoms with Crippen LogP contribution in [-0.4, -0.2) is 14.6 Å². The molecule has 0 saturated heterocycles. The Bertz CT molecular complexity index is 802. The largest absolute Gasteiger partial charge is 0.289 e. The minimum Gasteiger partial charge on any atom is -0.289 e. The van der Waals surface area contributed by atoms with Crippen molar-refractivity contribution in [1.82, 2.24) is 14.6 Å². The van der Waals surface area contributed by atoms with Gasteiger partial charge >= 0.3 is 0 Å². The van der Waals surface area contributed by atoms with Crippen molar-refractivity contribution in [2.24, 2.45) is 0 Å². The van der Waals surface area contributed by atoms with Crippen LogP contribution in [0, 0.1) is 5.82 Å². The summed E-state index contributed by atoms with van der Waals surface area (Å²) in [5.74, 6) is -0.287. The van der Waals surface area contributed by atoms with Gasteiger partial charge in [-0.05, 0) is 36.2 Å². The number of aromatic amines is 1. The summed E-state index contributed by atoms with van der Waals surface area (Å²) in [6, 6.07) is 9.45. The highest BCUT2D eigenvalue weighted by Gasteiger charge is 2.07. The number of fused-ring (bicyclic) bond motifs is 1. The van der Waals surface area contributed by atoms with Crippen molar-refractivity contribution in [3.8, 4) is 11.3 Å². The minimum absolute atomic E-state index is 0.133. The first-order chi connectivity index (χ1) is 9.67. The van der Waals surface area contributed by atoms with Crippen LogP contribution in [0.25, 0.3) is 16.9 Å². The topological polar surface area (TPSA) is 50.2 Å². The lowest BCUT2D eigenvalue weighted by atomic mass is 10.1. The molecule has 0 aliphatic rings. The van der Waals surface area contributed by atoms with E-state index in [1.54, 1.807) is 24.3 Å². The maximum Gasteiger partial charge on any atom is 0.272 e. The molecule has 0 unspecified atom stereocenters. The first-order valence-electron chi connectivity index (χ1n) is 6.55. The van der Waals surface area contributed by atoms with Crippen LogP contribution in [-0.2, 0) is 6.42 Å². The van der Waals surface area contributed by atoms with E-state index >= 15 is 0 Å². The van der Waals surface area contributed by atoms with Crippen LogP contribution >= 0.6 is 0 Å². The van der Waals surface area contributed by atoms with Gasteiger partial charge in [0.2, 0.25) is 0 Å². The summed E-state index contributed by atoms with van der Waals surface area (Å²) in [4.78, 5) is 16.5. The number of nitrogens with zero attached hydrogens (tertiary/aromatic N) is 2. The van der Waals surface area contributed by atoms with Gasteiger partial charge in [0.1, 0.15) is 5.82 Å². The number of halogens is 1. The van der Waals surface area contributed by atoms with E-state index in [1.807, 2.05) is 6.92 Å². The Kier molecular flexibility index (Phi) is 3.10. The number of aromatic nitrogens is 3. The van der Waals surface area contributed by atoms with E-state index in [2.05, 4.69) is 10.1 Å². The predicted molar refractivity (Wildman–Crippen MR) is 75.2 cm³/mol. The summed E-state index contributed by atoms with van der Waals surface area (Å²) >= 11 is 0. The van der Waals surface area contributed by atoms with Gasteiger partial charge in [0.25, 0.3) is 5.56 Å². The van der Waals surface area contributed by atoms with Gasteiger partial charge in [-0.15, -0.1) is 0 Å². The maximum atomic E-state index is 12.9. The lowest BCUT2D eigenvalue weighted by molar-refractivity contribution is 0.628. The standard InChI is InChI=1S/C15H14FN3O/c1-2-3-12-8-15(20)19-14(17-12)9-13(18-19)10-4-6-11(16)7-5-10/h4-9,18H,2-3H2,1H3. The molecule has 5 heteroatoms. The van der Waals surface area contributed by atoms with Crippen molar-refractivity contribution in [2.75, 3.05) is 0 Å². The van der Waals surface area contributed by atoms with Crippen molar-refractivity contribution in [3.63, 3.8) is 0 Å². The molecule has 20 heavy (non-hydrogen) atoms. The molecule has 0 amide bonds. The number of H-pyrrole nitrogens is 1. The van der Waals surface area contributed by atoms with Crippen LogP contribution in [0.3, 0.4) is 0 Å². The van der Waals surface area contributed by atoms with Crippen molar-refractivity contribution in [2.45, 2.75) is 19.8 Å². The van der Waals surface area contributed by atoms with Gasteiger partial charge in [0, 0.05) is 17.8 Å². The third-order valence-corrected chi connectivity index (χ3v) is 3.16. The average molecular weight is 271 g/mol. The summed E-state index contributed by atoms with van der Waals surface area (Å²) in [5.41, 5.74) is 2.80. The van der Waals surface area contributed by atoms with Crippen LogP contribution < -0.4 is 5.56 Å². The van der Waals surface area contributed by atoms with Crippen LogP contribution in [0.5, 0.6) is 0 Å². The summed E-state index contributed by atoms with van der Waals surface area (Å²) in [6.45, 7) is 2.05. The van der Waals surface area contributed by atoms with Crippen LogP contribution in [0.15, 0.2) is 41.2 Å². The monoisotopic (exact) mass is 271 g/mol. The Hall–Kier alpha value is -2.43. The predicted octanol–water partition coefficient (Wildman–Crippen LogP) is 2.78. The Balaban J connectivity index is 2.12. The number of aryl methyl sites for hydroxylation is 1. The molecule has 2 aromatic heterocycles. The zero-order chi connectivity index (χ0) is 14.1. The van der Waals surface area contributed by atoms with E-state index in [0.717, 1.165) is 29.8 Å². The Morgan fingerprint density at radius 2 is 2.00 bits per heavy atom. The first-order valence-corrected chi connectivity index (χ1v) is 6.55. The molecular formula is C15H14FN3O. The molecule has 0 saturated carbocycles. The lowest BCUT2D eigenvalue weighted by Crippen LogP contribution is -2.15. The lowest BCUT2D eigenvalue weighted by Gasteiger charge is -1.98. The Morgan fingerprint density at radius 3 is 2.70 bits per heavy atom. The second kappa shape index (κ2) is 4.92. The van der Waals surface area contributed by atoms with Crippen LogP contribution in [0.2, 0.25) is 0 Å². The molecule has 4 nitrogen and oxygen atoms in total. The summed E-state index contributed by atoms with van der Waals surface area (Å²) in [6.07, 6.45) is 1.72. The molecule has 102 valence electrons. The SMILES string of the molecule is CCCc1cc(=O)n2[nH]c(-c3ccc(F)cc3)cc2n1. The fourth-order valence-corrected chi connectivity index (χ4v) is 2.20. The van der Waals surface area contributed by atoms with Crippen molar-refractivity contribution < 1.29 is 4.39 Å². The van der Waals surface area contributed by atoms with E-state index in [0.29, 0.717) is 5.65 Å². The quantitative estimate of drug-likeness (QED) is 0.796. The fourth-order valence-electron chi connectivity index (χ4n) is 2.20. The van der Waals surface area contributed by atoms with Gasteiger partial charge in [-0.25, -0.2) is 13.9 Å². The highest BCUT2D eigenvalue weighted by Crippen LogP contribution is 2.18. The average Bonchev–Trinajstić information content (AvgIpc) is 2.84. The van der Waals surface area contributed by atoms with Gasteiger partial charge in [0.15, 0.2) is 5.65 Å². The third-order valence-electron chi connectivity index (χ3n) is 3.16. The van der Waals surface area contributed by atoms with Gasteiger partial charge in [0.05, 0.1) is 5.69 Å². The van der Waals surface area contributed by atoms with Crippen molar-refractivity contribution in [3.05, 3.63) is 58.3 Å². The molecule has 3 aromatic rings. The highest BCUT2D eigenvalue weighted by molar-refractivity contribution is 5.63. The van der Waals surface area contributed by atoms with Gasteiger partial charge in [-0.2, -0.15) is 0 Å². The summed E-state index contributed by atoms with van der Waals surface area (Å²) < 4.78 is 14.3. The summed E-state index contributed by atoms with van der Waals surface area (Å²) in [5, 5.41) is 2.99. The van der Waals surface area contributed by atoms with E-state index in [-0.39, 0.29) is 11.4 Å². The van der Waals surface area contributed by atoms with Crippen molar-refractivity contribution in [1.29, 1.82) is 0 Å². The third kappa shape index (κ3) is 2.22. The molecule has 0 aliphatic carbocycles. The smallest absolute Gasteiger partial charge is 0.272 e. The molecule has 0 radical (unpaired) electrons. The molecule has 2 heterocycles. The molecule has 0 aliphatic heterocycles. The number of rotatable bonds is 3. The molecule has 3 rings (SSSR count). The molecule has 0 fully saturated rings. The second-order valence-corrected chi connectivity index (χ2v) is 4.71.